The van der Waals surface area contributed by atoms with Gasteiger partial charge >= 0.3 is 5.97 Å². The monoisotopic (exact) mass is 880 g/mol. The van der Waals surface area contributed by atoms with Crippen LogP contribution in [-0.2, 0) is 14.9 Å². The molecule has 208 valence electrons. The molecule has 0 aliphatic heterocycles. The quantitative estimate of drug-likeness (QED) is 0.121. The van der Waals surface area contributed by atoms with Gasteiger partial charge in [-0.2, -0.15) is 8.42 Å². The molecule has 0 spiro atoms. The summed E-state index contributed by atoms with van der Waals surface area (Å²) >= 11 is 6.02. The lowest BCUT2D eigenvalue weighted by Crippen LogP contribution is -2.17. The predicted octanol–water partition coefficient (Wildman–Crippen LogP) is 7.78. The fraction of sp³-hybridized carbons (Fsp3) is 0.519. The van der Waals surface area contributed by atoms with Gasteiger partial charge < -0.3 is 14.6 Å². The molecule has 0 amide bonds. The normalized spacial score (nSPS) is 17.4. The number of phenolic OH excluding ortho intramolecular Hbond substituents is 1. The zero-order chi connectivity index (χ0) is 27.4. The Morgan fingerprint density at radius 2 is 1.42 bits per heavy atom. The number of carbonyl (C=O) groups excluding carboxylic acids is 1. The SMILES string of the molecule is O=C(OCCOc1cc(C2CCCCC2)c(S(=O)(=O)O)cc1C1CCCCC1)c1c(I)cc(I)c(O)c1I. The Labute approximate surface area is 265 Å². The molecule has 2 aliphatic carbocycles. The van der Waals surface area contributed by atoms with Crippen LogP contribution in [0.5, 0.6) is 11.5 Å². The van der Waals surface area contributed by atoms with Gasteiger partial charge in [0.05, 0.1) is 17.6 Å². The molecule has 4 rings (SSSR count). The number of carbonyl (C=O) groups is 1. The summed E-state index contributed by atoms with van der Waals surface area (Å²) < 4.78 is 48.5. The highest BCUT2D eigenvalue weighted by molar-refractivity contribution is 14.1. The van der Waals surface area contributed by atoms with E-state index in [9.17, 15) is 22.9 Å². The van der Waals surface area contributed by atoms with Gasteiger partial charge in [-0.25, -0.2) is 4.79 Å². The molecule has 7 nitrogen and oxygen atoms in total. The van der Waals surface area contributed by atoms with E-state index in [-0.39, 0.29) is 35.7 Å². The van der Waals surface area contributed by atoms with Gasteiger partial charge in [0.2, 0.25) is 0 Å². The summed E-state index contributed by atoms with van der Waals surface area (Å²) in [6, 6.07) is 5.18. The fourth-order valence-electron chi connectivity index (χ4n) is 5.53. The Kier molecular flexibility index (Phi) is 10.9. The van der Waals surface area contributed by atoms with E-state index in [1.807, 2.05) is 51.2 Å². The van der Waals surface area contributed by atoms with Gasteiger partial charge in [-0.1, -0.05) is 38.5 Å². The summed E-state index contributed by atoms with van der Waals surface area (Å²) in [7, 11) is -4.39. The molecule has 0 atom stereocenters. The van der Waals surface area contributed by atoms with Gasteiger partial charge in [-0.05, 0) is 135 Å². The van der Waals surface area contributed by atoms with Crippen molar-refractivity contribution in [2.24, 2.45) is 0 Å². The molecule has 0 aromatic heterocycles. The van der Waals surface area contributed by atoms with Gasteiger partial charge in [0.15, 0.2) is 0 Å². The molecule has 2 saturated carbocycles. The van der Waals surface area contributed by atoms with Crippen LogP contribution in [0.15, 0.2) is 23.1 Å². The Hall–Kier alpha value is -0.390. The Morgan fingerprint density at radius 3 is 2.00 bits per heavy atom. The highest BCUT2D eigenvalue weighted by Crippen LogP contribution is 2.44. The number of phenols is 1. The molecule has 2 aliphatic rings. The maximum absolute atomic E-state index is 12.8. The summed E-state index contributed by atoms with van der Waals surface area (Å²) in [6.07, 6.45) is 10.1. The average Bonchev–Trinajstić information content (AvgIpc) is 2.90. The number of esters is 1. The van der Waals surface area contributed by atoms with Gasteiger partial charge in [0, 0.05) is 3.57 Å². The first-order valence-electron chi connectivity index (χ1n) is 12.9. The molecule has 0 saturated heterocycles. The van der Waals surface area contributed by atoms with Gasteiger partial charge in [0.25, 0.3) is 10.1 Å². The molecule has 38 heavy (non-hydrogen) atoms. The highest BCUT2D eigenvalue weighted by Gasteiger charge is 2.29. The van der Waals surface area contributed by atoms with Gasteiger partial charge in [0.1, 0.15) is 24.7 Å². The molecule has 0 radical (unpaired) electrons. The van der Waals surface area contributed by atoms with E-state index in [0.717, 1.165) is 69.8 Å². The zero-order valence-corrected chi connectivity index (χ0v) is 28.1. The number of aromatic hydroxyl groups is 1. The van der Waals surface area contributed by atoms with Crippen LogP contribution in [-0.4, -0.2) is 37.3 Å². The van der Waals surface area contributed by atoms with E-state index in [1.54, 1.807) is 12.1 Å². The minimum absolute atomic E-state index is 0.000655. The van der Waals surface area contributed by atoms with E-state index in [4.69, 9.17) is 9.47 Å². The molecule has 2 aromatic rings. The Bertz CT molecular complexity index is 1280. The Morgan fingerprint density at radius 1 is 0.842 bits per heavy atom. The maximum Gasteiger partial charge on any atom is 0.340 e. The molecule has 0 bridgehead atoms. The van der Waals surface area contributed by atoms with Crippen molar-refractivity contribution >= 4 is 83.9 Å². The molecule has 2 fully saturated rings. The van der Waals surface area contributed by atoms with E-state index in [2.05, 4.69) is 22.6 Å². The third-order valence-corrected chi connectivity index (χ3v) is 11.1. The number of hydrogen-bond acceptors (Lipinski definition) is 6. The molecule has 11 heteroatoms. The third-order valence-electron chi connectivity index (χ3n) is 7.43. The molecule has 2 aromatic carbocycles. The topological polar surface area (TPSA) is 110 Å². The molecular weight excluding hydrogens is 849 g/mol. The Balaban J connectivity index is 1.57. The van der Waals surface area contributed by atoms with E-state index in [1.165, 1.54) is 0 Å². The second-order valence-corrected chi connectivity index (χ2v) is 14.7. The second-order valence-electron chi connectivity index (χ2n) is 9.93. The second kappa shape index (κ2) is 13.5. The van der Waals surface area contributed by atoms with Crippen molar-refractivity contribution in [1.29, 1.82) is 0 Å². The van der Waals surface area contributed by atoms with Crippen molar-refractivity contribution in [2.75, 3.05) is 13.2 Å². The van der Waals surface area contributed by atoms with Crippen LogP contribution in [0, 0.1) is 10.7 Å². The van der Waals surface area contributed by atoms with Crippen LogP contribution in [0.1, 0.15) is 97.5 Å². The summed E-state index contributed by atoms with van der Waals surface area (Å²) in [5.41, 5.74) is 1.75. The summed E-state index contributed by atoms with van der Waals surface area (Å²) in [5.74, 6) is 0.336. The van der Waals surface area contributed by atoms with Crippen molar-refractivity contribution < 1.29 is 32.3 Å². The lowest BCUT2D eigenvalue weighted by Gasteiger charge is -2.28. The highest BCUT2D eigenvalue weighted by atomic mass is 127. The minimum Gasteiger partial charge on any atom is -0.506 e. The van der Waals surface area contributed by atoms with Crippen LogP contribution in [0.4, 0.5) is 0 Å². The summed E-state index contributed by atoms with van der Waals surface area (Å²) in [4.78, 5) is 12.8. The van der Waals surface area contributed by atoms with Crippen LogP contribution in [0.3, 0.4) is 0 Å². The lowest BCUT2D eigenvalue weighted by atomic mass is 9.80. The van der Waals surface area contributed by atoms with Crippen molar-refractivity contribution in [3.63, 3.8) is 0 Å². The number of ether oxygens (including phenoxy) is 2. The van der Waals surface area contributed by atoms with Crippen molar-refractivity contribution in [3.05, 3.63) is 45.6 Å². The van der Waals surface area contributed by atoms with Crippen LogP contribution in [0.25, 0.3) is 0 Å². The first-order chi connectivity index (χ1) is 18.1. The lowest BCUT2D eigenvalue weighted by molar-refractivity contribution is 0.0446. The smallest absolute Gasteiger partial charge is 0.340 e. The van der Waals surface area contributed by atoms with Crippen LogP contribution in [0.2, 0.25) is 0 Å². The van der Waals surface area contributed by atoms with Crippen molar-refractivity contribution in [2.45, 2.75) is 80.9 Å². The summed E-state index contributed by atoms with van der Waals surface area (Å²) in [6.45, 7) is 0.102. The fourth-order valence-corrected chi connectivity index (χ4v) is 10.1. The largest absolute Gasteiger partial charge is 0.506 e. The third kappa shape index (κ3) is 7.27. The van der Waals surface area contributed by atoms with E-state index >= 15 is 0 Å². The number of rotatable bonds is 8. The average molecular weight is 880 g/mol. The van der Waals surface area contributed by atoms with Crippen LogP contribution < -0.4 is 4.74 Å². The summed E-state index contributed by atoms with van der Waals surface area (Å²) in [5, 5.41) is 10.2. The zero-order valence-electron chi connectivity index (χ0n) is 20.8. The number of hydrogen-bond donors (Lipinski definition) is 2. The van der Waals surface area contributed by atoms with Crippen LogP contribution >= 0.6 is 67.8 Å². The molecular formula is C27H31I3O7S. The first-order valence-corrected chi connectivity index (χ1v) is 17.6. The number of halogens is 3. The first kappa shape index (κ1) is 30.6. The van der Waals surface area contributed by atoms with E-state index < -0.39 is 16.1 Å². The minimum atomic E-state index is -4.39. The molecule has 2 N–H and O–H groups in total. The molecule has 0 heterocycles. The number of benzene rings is 2. The maximum atomic E-state index is 12.8. The standard InChI is InChI=1S/C27H31I3O7S/c28-20-15-21(29)26(31)25(30)24(20)27(32)37-12-11-36-22-13-19(17-9-5-2-6-10-17)23(38(33,34)35)14-18(22)16-7-3-1-4-8-16/h13-17,31H,1-12H2,(H,33,34,35). The van der Waals surface area contributed by atoms with Gasteiger partial charge in [-0.15, -0.1) is 0 Å². The van der Waals surface area contributed by atoms with E-state index in [0.29, 0.717) is 27.6 Å². The molecule has 0 unspecified atom stereocenters. The van der Waals surface area contributed by atoms with Crippen molar-refractivity contribution in [1.82, 2.24) is 0 Å². The predicted molar refractivity (Wildman–Crippen MR) is 170 cm³/mol. The van der Waals surface area contributed by atoms with Crippen molar-refractivity contribution in [3.8, 4) is 11.5 Å². The van der Waals surface area contributed by atoms with Gasteiger partial charge in [-0.3, -0.25) is 4.55 Å².